The van der Waals surface area contributed by atoms with Gasteiger partial charge in [0.1, 0.15) is 11.6 Å². The molecular formula is C13H12ClN2OS-. The van der Waals surface area contributed by atoms with E-state index in [9.17, 15) is 0 Å². The standard InChI is InChI=1S/C13H13ClN2OS/c1-17-10-4-2-9(3-5-10)8-16-13-12(14)11(18)6-7-15-13/h2-7H,8H2,1H3,(H2,15,16,18)/p-1. The summed E-state index contributed by atoms with van der Waals surface area (Å²) in [6.07, 6.45) is 1.64. The predicted octanol–water partition coefficient (Wildman–Crippen LogP) is 3.26. The Morgan fingerprint density at radius 2 is 2.00 bits per heavy atom. The van der Waals surface area contributed by atoms with Crippen LogP contribution in [0, 0.1) is 0 Å². The number of anilines is 1. The van der Waals surface area contributed by atoms with Gasteiger partial charge in [0.2, 0.25) is 0 Å². The maximum Gasteiger partial charge on any atom is 0.143 e. The van der Waals surface area contributed by atoms with Crippen molar-refractivity contribution in [1.29, 1.82) is 0 Å². The van der Waals surface area contributed by atoms with Gasteiger partial charge in [0.05, 0.1) is 12.1 Å². The van der Waals surface area contributed by atoms with Crippen LogP contribution < -0.4 is 10.1 Å². The zero-order valence-electron chi connectivity index (χ0n) is 9.81. The summed E-state index contributed by atoms with van der Waals surface area (Å²) in [5.41, 5.74) is 1.11. The van der Waals surface area contributed by atoms with E-state index >= 15 is 0 Å². The van der Waals surface area contributed by atoms with Gasteiger partial charge in [0.25, 0.3) is 0 Å². The number of ether oxygens (including phenoxy) is 1. The molecule has 0 saturated carbocycles. The van der Waals surface area contributed by atoms with Gasteiger partial charge in [-0.3, -0.25) is 0 Å². The van der Waals surface area contributed by atoms with E-state index in [4.69, 9.17) is 29.0 Å². The Bertz CT molecular complexity index is 531. The predicted molar refractivity (Wildman–Crippen MR) is 75.2 cm³/mol. The minimum absolute atomic E-state index is 0.487. The van der Waals surface area contributed by atoms with Crippen LogP contribution in [0.5, 0.6) is 5.75 Å². The highest BCUT2D eigenvalue weighted by atomic mass is 35.5. The normalized spacial score (nSPS) is 10.1. The number of aromatic nitrogens is 1. The fraction of sp³-hybridized carbons (Fsp3) is 0.154. The Hall–Kier alpha value is -1.52. The highest BCUT2D eigenvalue weighted by Crippen LogP contribution is 2.23. The lowest BCUT2D eigenvalue weighted by molar-refractivity contribution is 0.414. The highest BCUT2D eigenvalue weighted by Gasteiger charge is 2.01. The van der Waals surface area contributed by atoms with Gasteiger partial charge in [-0.15, -0.1) is 0 Å². The average Bonchev–Trinajstić information content (AvgIpc) is 2.41. The molecule has 94 valence electrons. The van der Waals surface area contributed by atoms with Crippen LogP contribution in [-0.4, -0.2) is 12.1 Å². The Morgan fingerprint density at radius 1 is 1.28 bits per heavy atom. The van der Waals surface area contributed by atoms with E-state index in [-0.39, 0.29) is 0 Å². The Labute approximate surface area is 117 Å². The van der Waals surface area contributed by atoms with Gasteiger partial charge >= 0.3 is 0 Å². The summed E-state index contributed by atoms with van der Waals surface area (Å²) in [7, 11) is 1.64. The SMILES string of the molecule is COc1ccc(CNc2nccc([S-])c2Cl)cc1. The lowest BCUT2D eigenvalue weighted by Gasteiger charge is -2.13. The quantitative estimate of drug-likeness (QED) is 0.871. The molecule has 0 amide bonds. The van der Waals surface area contributed by atoms with Crippen molar-refractivity contribution in [2.75, 3.05) is 12.4 Å². The third-order valence-electron chi connectivity index (χ3n) is 2.47. The van der Waals surface area contributed by atoms with Crippen LogP contribution in [-0.2, 0) is 19.2 Å². The second kappa shape index (κ2) is 5.89. The first kappa shape index (κ1) is 12.9. The maximum atomic E-state index is 6.06. The lowest BCUT2D eigenvalue weighted by Crippen LogP contribution is -2.02. The molecular weight excluding hydrogens is 268 g/mol. The first-order valence-corrected chi connectivity index (χ1v) is 6.17. The molecule has 0 aliphatic rings. The van der Waals surface area contributed by atoms with E-state index in [0.29, 0.717) is 22.3 Å². The average molecular weight is 280 g/mol. The molecule has 1 heterocycles. The molecule has 0 fully saturated rings. The van der Waals surface area contributed by atoms with E-state index in [2.05, 4.69) is 10.3 Å². The van der Waals surface area contributed by atoms with Crippen LogP contribution in [0.15, 0.2) is 41.4 Å². The molecule has 3 nitrogen and oxygen atoms in total. The summed E-state index contributed by atoms with van der Waals surface area (Å²) in [5, 5.41) is 3.64. The fourth-order valence-electron chi connectivity index (χ4n) is 1.48. The Balaban J connectivity index is 2.04. The molecule has 18 heavy (non-hydrogen) atoms. The van der Waals surface area contributed by atoms with Gasteiger partial charge in [-0.05, 0) is 17.7 Å². The molecule has 0 saturated heterocycles. The first-order valence-electron chi connectivity index (χ1n) is 5.39. The third kappa shape index (κ3) is 3.03. The van der Waals surface area contributed by atoms with E-state index in [0.717, 1.165) is 11.3 Å². The number of rotatable bonds is 4. The number of nitrogens with one attached hydrogen (secondary N) is 1. The van der Waals surface area contributed by atoms with E-state index in [1.807, 2.05) is 24.3 Å². The van der Waals surface area contributed by atoms with Crippen molar-refractivity contribution < 1.29 is 4.74 Å². The molecule has 0 bridgehead atoms. The van der Waals surface area contributed by atoms with Crippen LogP contribution >= 0.6 is 11.6 Å². The van der Waals surface area contributed by atoms with Crippen molar-refractivity contribution in [3.05, 3.63) is 47.1 Å². The van der Waals surface area contributed by atoms with E-state index in [1.165, 1.54) is 0 Å². The van der Waals surface area contributed by atoms with Crippen molar-refractivity contribution in [1.82, 2.24) is 4.98 Å². The number of benzene rings is 1. The molecule has 2 rings (SSSR count). The molecule has 5 heteroatoms. The Morgan fingerprint density at radius 3 is 2.67 bits per heavy atom. The zero-order chi connectivity index (χ0) is 13.0. The molecule has 2 aromatic rings. The summed E-state index contributed by atoms with van der Waals surface area (Å²) in [6, 6.07) is 9.50. The van der Waals surface area contributed by atoms with Crippen LogP contribution in [0.1, 0.15) is 5.56 Å². The van der Waals surface area contributed by atoms with Gasteiger partial charge < -0.3 is 22.7 Å². The van der Waals surface area contributed by atoms with Crippen molar-refractivity contribution in [3.8, 4) is 5.75 Å². The van der Waals surface area contributed by atoms with Crippen molar-refractivity contribution in [2.24, 2.45) is 0 Å². The second-order valence-corrected chi connectivity index (χ2v) is 4.49. The van der Waals surface area contributed by atoms with Gasteiger partial charge in [-0.1, -0.05) is 29.8 Å². The molecule has 0 radical (unpaired) electrons. The molecule has 0 aliphatic heterocycles. The number of halogens is 1. The van der Waals surface area contributed by atoms with Crippen molar-refractivity contribution in [3.63, 3.8) is 0 Å². The van der Waals surface area contributed by atoms with Crippen molar-refractivity contribution in [2.45, 2.75) is 11.4 Å². The first-order chi connectivity index (χ1) is 8.70. The summed E-state index contributed by atoms with van der Waals surface area (Å²) in [5.74, 6) is 1.45. The zero-order valence-corrected chi connectivity index (χ0v) is 11.4. The largest absolute Gasteiger partial charge is 0.778 e. The number of hydrogen-bond donors (Lipinski definition) is 1. The van der Waals surface area contributed by atoms with Gasteiger partial charge in [0.15, 0.2) is 0 Å². The van der Waals surface area contributed by atoms with Crippen LogP contribution in [0.2, 0.25) is 5.02 Å². The summed E-state index contributed by atoms with van der Waals surface area (Å²) < 4.78 is 5.10. The fourth-order valence-corrected chi connectivity index (χ4v) is 1.81. The molecule has 1 N–H and O–H groups in total. The monoisotopic (exact) mass is 279 g/mol. The van der Waals surface area contributed by atoms with Gasteiger partial charge in [-0.25, -0.2) is 4.98 Å². The van der Waals surface area contributed by atoms with Crippen LogP contribution in [0.4, 0.5) is 5.82 Å². The summed E-state index contributed by atoms with van der Waals surface area (Å²) in [6.45, 7) is 0.634. The van der Waals surface area contributed by atoms with E-state index in [1.54, 1.807) is 19.4 Å². The third-order valence-corrected chi connectivity index (χ3v) is 3.31. The topological polar surface area (TPSA) is 34.1 Å². The highest BCUT2D eigenvalue weighted by molar-refractivity contribution is 7.59. The number of nitrogens with zero attached hydrogens (tertiary/aromatic N) is 1. The molecule has 1 aromatic carbocycles. The molecule has 0 unspecified atom stereocenters. The van der Waals surface area contributed by atoms with Gasteiger partial charge in [0, 0.05) is 12.7 Å². The number of pyridine rings is 1. The molecule has 0 atom stereocenters. The second-order valence-electron chi connectivity index (χ2n) is 3.67. The van der Waals surface area contributed by atoms with Crippen LogP contribution in [0.25, 0.3) is 0 Å². The van der Waals surface area contributed by atoms with E-state index < -0.39 is 0 Å². The number of hydrogen-bond acceptors (Lipinski definition) is 4. The lowest BCUT2D eigenvalue weighted by atomic mass is 10.2. The minimum atomic E-state index is 0.487. The summed E-state index contributed by atoms with van der Waals surface area (Å²) >= 11 is 11.1. The van der Waals surface area contributed by atoms with Crippen LogP contribution in [0.3, 0.4) is 0 Å². The smallest absolute Gasteiger partial charge is 0.143 e. The molecule has 1 aromatic heterocycles. The minimum Gasteiger partial charge on any atom is -0.778 e. The number of methoxy groups -OCH3 is 1. The van der Waals surface area contributed by atoms with Crippen molar-refractivity contribution >= 4 is 30.0 Å². The molecule has 0 spiro atoms. The maximum absolute atomic E-state index is 6.06. The molecule has 0 aliphatic carbocycles. The summed E-state index contributed by atoms with van der Waals surface area (Å²) in [4.78, 5) is 4.75. The Kier molecular flexibility index (Phi) is 4.23. The van der Waals surface area contributed by atoms with Gasteiger partial charge in [-0.2, -0.15) is 4.90 Å².